The fourth-order valence-electron chi connectivity index (χ4n) is 1.49. The summed E-state index contributed by atoms with van der Waals surface area (Å²) in [7, 11) is 0. The number of rotatable bonds is 4. The molecule has 1 aromatic carbocycles. The van der Waals surface area contributed by atoms with Crippen LogP contribution in [0.15, 0.2) is 30.3 Å². The van der Waals surface area contributed by atoms with Crippen molar-refractivity contribution >= 4 is 12.1 Å². The van der Waals surface area contributed by atoms with Crippen molar-refractivity contribution in [1.29, 1.82) is 0 Å². The molecule has 0 bridgehead atoms. The number of hydrogen-bond acceptors (Lipinski definition) is 4. The molecule has 0 radical (unpaired) electrons. The van der Waals surface area contributed by atoms with E-state index in [1.165, 1.54) is 0 Å². The Morgan fingerprint density at radius 3 is 2.25 bits per heavy atom. The minimum atomic E-state index is -1.34. The Hall–Kier alpha value is -1.44. The van der Waals surface area contributed by atoms with Crippen LogP contribution < -0.4 is 29.3 Å². The Labute approximate surface area is 130 Å². The summed E-state index contributed by atoms with van der Waals surface area (Å²) in [5.41, 5.74) is 0.126. The number of alkyl carbamates (subject to hydrolysis) is 1. The quantitative estimate of drug-likeness (QED) is 0.635. The third-order valence-corrected chi connectivity index (χ3v) is 2.26. The van der Waals surface area contributed by atoms with E-state index in [1.54, 1.807) is 45.0 Å². The molecule has 1 unspecified atom stereocenters. The zero-order chi connectivity index (χ0) is 14.5. The van der Waals surface area contributed by atoms with Crippen LogP contribution in [-0.4, -0.2) is 23.7 Å². The SMILES string of the molecule is CC(C)(C)OC(=O)NC(Cc1ccccc1)C(=O)[O-].[Li+]. The second-order valence-corrected chi connectivity index (χ2v) is 5.21. The van der Waals surface area contributed by atoms with Crippen LogP contribution in [0.1, 0.15) is 26.3 Å². The molecular weight excluding hydrogens is 253 g/mol. The molecule has 0 heterocycles. The summed E-state index contributed by atoms with van der Waals surface area (Å²) in [4.78, 5) is 22.6. The predicted octanol–water partition coefficient (Wildman–Crippen LogP) is -2.12. The number of carbonyl (C=O) groups is 2. The first kappa shape index (κ1) is 18.6. The number of hydrogen-bond donors (Lipinski definition) is 1. The Morgan fingerprint density at radius 1 is 1.25 bits per heavy atom. The molecule has 5 nitrogen and oxygen atoms in total. The number of carboxylic acids is 1. The molecule has 6 heteroatoms. The van der Waals surface area contributed by atoms with E-state index in [0.29, 0.717) is 0 Å². The molecule has 1 N–H and O–H groups in total. The van der Waals surface area contributed by atoms with Gasteiger partial charge < -0.3 is 20.0 Å². The molecule has 1 atom stereocenters. The fraction of sp³-hybridized carbons (Fsp3) is 0.429. The molecule has 104 valence electrons. The van der Waals surface area contributed by atoms with Crippen LogP contribution >= 0.6 is 0 Å². The van der Waals surface area contributed by atoms with Crippen molar-refractivity contribution in [3.63, 3.8) is 0 Å². The van der Waals surface area contributed by atoms with Crippen LogP contribution in [-0.2, 0) is 16.0 Å². The van der Waals surface area contributed by atoms with Gasteiger partial charge in [-0.3, -0.25) is 0 Å². The number of carboxylic acid groups (broad SMARTS) is 1. The van der Waals surface area contributed by atoms with E-state index < -0.39 is 23.7 Å². The van der Waals surface area contributed by atoms with Gasteiger partial charge in [-0.1, -0.05) is 30.3 Å². The molecule has 0 fully saturated rings. The van der Waals surface area contributed by atoms with Gasteiger partial charge in [-0.05, 0) is 32.8 Å². The molecule has 1 aromatic rings. The van der Waals surface area contributed by atoms with Crippen LogP contribution in [0.5, 0.6) is 0 Å². The van der Waals surface area contributed by atoms with Crippen molar-refractivity contribution in [2.24, 2.45) is 0 Å². The van der Waals surface area contributed by atoms with E-state index in [9.17, 15) is 14.7 Å². The number of amides is 1. The molecule has 0 aromatic heterocycles. The van der Waals surface area contributed by atoms with E-state index in [2.05, 4.69) is 5.32 Å². The fourth-order valence-corrected chi connectivity index (χ4v) is 1.49. The van der Waals surface area contributed by atoms with E-state index >= 15 is 0 Å². The number of nitrogens with one attached hydrogen (secondary N) is 1. The Balaban J connectivity index is 0.00000361. The summed E-state index contributed by atoms with van der Waals surface area (Å²) in [5.74, 6) is -1.34. The zero-order valence-electron chi connectivity index (χ0n) is 12.3. The predicted molar refractivity (Wildman–Crippen MR) is 68.3 cm³/mol. The van der Waals surface area contributed by atoms with Gasteiger partial charge in [0.15, 0.2) is 0 Å². The van der Waals surface area contributed by atoms with Crippen molar-refractivity contribution in [1.82, 2.24) is 5.32 Å². The minimum Gasteiger partial charge on any atom is -0.548 e. The average Bonchev–Trinajstić information content (AvgIpc) is 2.26. The molecule has 0 spiro atoms. The summed E-state index contributed by atoms with van der Waals surface area (Å²) < 4.78 is 5.01. The molecule has 20 heavy (non-hydrogen) atoms. The minimum absolute atomic E-state index is 0. The van der Waals surface area contributed by atoms with E-state index in [1.807, 2.05) is 6.07 Å². The smallest absolute Gasteiger partial charge is 0.548 e. The molecule has 0 saturated carbocycles. The van der Waals surface area contributed by atoms with Crippen LogP contribution in [0.25, 0.3) is 0 Å². The van der Waals surface area contributed by atoms with Crippen molar-refractivity contribution in [2.75, 3.05) is 0 Å². The normalized spacial score (nSPS) is 11.9. The molecule has 1 amide bonds. The van der Waals surface area contributed by atoms with Gasteiger partial charge in [0.1, 0.15) is 5.60 Å². The summed E-state index contributed by atoms with van der Waals surface area (Å²) in [6.45, 7) is 5.12. The van der Waals surface area contributed by atoms with E-state index in [4.69, 9.17) is 4.74 Å². The van der Waals surface area contributed by atoms with Gasteiger partial charge in [0, 0.05) is 0 Å². The molecule has 0 aliphatic heterocycles. The summed E-state index contributed by atoms with van der Waals surface area (Å²) in [6.07, 6.45) is -0.611. The largest absolute Gasteiger partial charge is 1.00 e. The first-order valence-corrected chi connectivity index (χ1v) is 6.02. The van der Waals surface area contributed by atoms with E-state index in [-0.39, 0.29) is 25.3 Å². The maximum atomic E-state index is 11.5. The average molecular weight is 271 g/mol. The molecule has 1 rings (SSSR count). The topological polar surface area (TPSA) is 78.5 Å². The molecule has 0 saturated heterocycles. The van der Waals surface area contributed by atoms with Crippen molar-refractivity contribution in [3.8, 4) is 0 Å². The summed E-state index contributed by atoms with van der Waals surface area (Å²) in [6, 6.07) is 7.89. The van der Waals surface area contributed by atoms with Crippen molar-refractivity contribution in [3.05, 3.63) is 35.9 Å². The summed E-state index contributed by atoms with van der Waals surface area (Å²) in [5, 5.41) is 13.3. The Kier molecular flexibility index (Phi) is 7.41. The molecular formula is C14H18LiNO4. The molecule has 0 aliphatic carbocycles. The van der Waals surface area contributed by atoms with Crippen molar-refractivity contribution < 1.29 is 38.3 Å². The van der Waals surface area contributed by atoms with Gasteiger partial charge in [0.05, 0.1) is 12.0 Å². The monoisotopic (exact) mass is 271 g/mol. The Morgan fingerprint density at radius 2 is 1.80 bits per heavy atom. The van der Waals surface area contributed by atoms with Gasteiger partial charge in [0.25, 0.3) is 0 Å². The zero-order valence-corrected chi connectivity index (χ0v) is 12.3. The number of aliphatic carboxylic acids is 1. The Bertz CT molecular complexity index is 442. The number of ether oxygens (including phenoxy) is 1. The second kappa shape index (κ2) is 7.98. The van der Waals surface area contributed by atoms with Crippen LogP contribution in [0.2, 0.25) is 0 Å². The van der Waals surface area contributed by atoms with Crippen molar-refractivity contribution in [2.45, 2.75) is 38.8 Å². The van der Waals surface area contributed by atoms with Gasteiger partial charge >= 0.3 is 25.0 Å². The standard InChI is InChI=1S/C14H19NO4.Li/c1-14(2,3)19-13(18)15-11(12(16)17)9-10-7-5-4-6-8-10;/h4-8,11H,9H2,1-3H3,(H,15,18)(H,16,17);/q;+1/p-1. The maximum Gasteiger partial charge on any atom is 1.00 e. The first-order valence-electron chi connectivity index (χ1n) is 6.02. The second-order valence-electron chi connectivity index (χ2n) is 5.21. The third-order valence-electron chi connectivity index (χ3n) is 2.26. The first-order chi connectivity index (χ1) is 8.78. The van der Waals surface area contributed by atoms with Gasteiger partial charge in [-0.25, -0.2) is 4.79 Å². The third kappa shape index (κ3) is 7.22. The van der Waals surface area contributed by atoms with Crippen LogP contribution in [0, 0.1) is 0 Å². The van der Waals surface area contributed by atoms with Crippen LogP contribution in [0.3, 0.4) is 0 Å². The number of benzene rings is 1. The maximum absolute atomic E-state index is 11.5. The van der Waals surface area contributed by atoms with E-state index in [0.717, 1.165) is 5.56 Å². The summed E-state index contributed by atoms with van der Waals surface area (Å²) >= 11 is 0. The van der Waals surface area contributed by atoms with Crippen LogP contribution in [0.4, 0.5) is 4.79 Å². The van der Waals surface area contributed by atoms with Gasteiger partial charge in [-0.2, -0.15) is 0 Å². The van der Waals surface area contributed by atoms with Gasteiger partial charge in [0.2, 0.25) is 0 Å². The number of carbonyl (C=O) groups excluding carboxylic acids is 2. The molecule has 0 aliphatic rings. The van der Waals surface area contributed by atoms with Gasteiger partial charge in [-0.15, -0.1) is 0 Å².